The van der Waals surface area contributed by atoms with Crippen LogP contribution in [0, 0.1) is 11.3 Å². The summed E-state index contributed by atoms with van der Waals surface area (Å²) >= 11 is 0. The predicted molar refractivity (Wildman–Crippen MR) is 31.6 cm³/mol. The molecule has 0 aromatic heterocycles. The van der Waals surface area contributed by atoms with Gasteiger partial charge in [-0.25, -0.2) is 0 Å². The van der Waals surface area contributed by atoms with Crippen molar-refractivity contribution >= 4 is 12.2 Å². The van der Waals surface area contributed by atoms with Crippen LogP contribution in [0.25, 0.3) is 0 Å². The summed E-state index contributed by atoms with van der Waals surface area (Å²) in [5, 5.41) is 23.4. The monoisotopic (exact) mass is 131 g/mol. The molecule has 0 aromatic rings. The zero-order valence-corrected chi connectivity index (χ0v) is 5.03. The fourth-order valence-electron chi connectivity index (χ4n) is 0.417. The summed E-state index contributed by atoms with van der Waals surface area (Å²) in [4.78, 5) is 10.1. The first kappa shape index (κ1) is 8.10. The quantitative estimate of drug-likeness (QED) is 0.460. The summed E-state index contributed by atoms with van der Waals surface area (Å²) in [6.07, 6.45) is -0.271. The Labute approximate surface area is 52.6 Å². The minimum atomic E-state index is -1.17. The Balaban J connectivity index is 3.98. The van der Waals surface area contributed by atoms with E-state index >= 15 is 0 Å². The summed E-state index contributed by atoms with van der Waals surface area (Å²) in [6.45, 7) is 1.34. The molecular weight excluding hydrogens is 122 g/mol. The zero-order valence-electron chi connectivity index (χ0n) is 5.03. The molecule has 0 amide bonds. The highest BCUT2D eigenvalue weighted by atomic mass is 16.4. The third-order valence-electron chi connectivity index (χ3n) is 0.984. The van der Waals surface area contributed by atoms with Gasteiger partial charge in [-0.3, -0.25) is 4.79 Å². The van der Waals surface area contributed by atoms with Gasteiger partial charge in [0.05, 0.1) is 6.10 Å². The van der Waals surface area contributed by atoms with Gasteiger partial charge in [0, 0.05) is 6.21 Å². The molecule has 52 valence electrons. The largest absolute Gasteiger partial charge is 0.481 e. The highest BCUT2D eigenvalue weighted by Crippen LogP contribution is 1.98. The molecule has 9 heavy (non-hydrogen) atoms. The number of nitrogens with one attached hydrogen (secondary N) is 1. The second-order valence-corrected chi connectivity index (χ2v) is 1.77. The first-order valence-corrected chi connectivity index (χ1v) is 2.51. The van der Waals surface area contributed by atoms with Crippen molar-refractivity contribution in [3.8, 4) is 0 Å². The van der Waals surface area contributed by atoms with Crippen LogP contribution in [0.4, 0.5) is 0 Å². The number of aliphatic carboxylic acids is 1. The van der Waals surface area contributed by atoms with E-state index in [4.69, 9.17) is 15.6 Å². The molecule has 0 spiro atoms. The molecule has 0 aliphatic carbocycles. The average molecular weight is 131 g/mol. The van der Waals surface area contributed by atoms with E-state index < -0.39 is 18.0 Å². The van der Waals surface area contributed by atoms with Crippen LogP contribution in [0.1, 0.15) is 6.92 Å². The van der Waals surface area contributed by atoms with Crippen molar-refractivity contribution in [1.82, 2.24) is 0 Å². The maximum absolute atomic E-state index is 10.1. The van der Waals surface area contributed by atoms with Crippen LogP contribution in [-0.4, -0.2) is 28.5 Å². The summed E-state index contributed by atoms with van der Waals surface area (Å²) in [7, 11) is 0. The second-order valence-electron chi connectivity index (χ2n) is 1.77. The lowest BCUT2D eigenvalue weighted by Crippen LogP contribution is -2.26. The van der Waals surface area contributed by atoms with E-state index in [2.05, 4.69) is 0 Å². The molecule has 0 saturated carbocycles. The van der Waals surface area contributed by atoms with Crippen molar-refractivity contribution in [3.05, 3.63) is 0 Å². The van der Waals surface area contributed by atoms with Crippen LogP contribution in [-0.2, 0) is 4.79 Å². The number of hydrogen-bond donors (Lipinski definition) is 3. The summed E-state index contributed by atoms with van der Waals surface area (Å²) < 4.78 is 0. The van der Waals surface area contributed by atoms with Gasteiger partial charge in [0.15, 0.2) is 0 Å². The van der Waals surface area contributed by atoms with E-state index in [0.29, 0.717) is 6.21 Å². The van der Waals surface area contributed by atoms with Crippen LogP contribution in [0.3, 0.4) is 0 Å². The molecule has 4 heteroatoms. The Hall–Kier alpha value is -0.900. The molecule has 0 aliphatic rings. The van der Waals surface area contributed by atoms with E-state index in [1.54, 1.807) is 0 Å². The lowest BCUT2D eigenvalue weighted by atomic mass is 10.1. The number of aliphatic hydroxyl groups is 1. The van der Waals surface area contributed by atoms with Crippen molar-refractivity contribution in [2.75, 3.05) is 0 Å². The van der Waals surface area contributed by atoms with Crippen molar-refractivity contribution in [2.45, 2.75) is 13.0 Å². The zero-order chi connectivity index (χ0) is 7.44. The van der Waals surface area contributed by atoms with E-state index in [0.717, 1.165) is 0 Å². The number of carboxylic acids is 1. The number of carboxylic acid groups (broad SMARTS) is 1. The maximum Gasteiger partial charge on any atom is 0.314 e. The summed E-state index contributed by atoms with van der Waals surface area (Å²) in [6, 6.07) is 0. The van der Waals surface area contributed by atoms with Gasteiger partial charge in [0.2, 0.25) is 0 Å². The van der Waals surface area contributed by atoms with E-state index in [9.17, 15) is 4.79 Å². The van der Waals surface area contributed by atoms with Gasteiger partial charge in [-0.15, -0.1) is 0 Å². The highest BCUT2D eigenvalue weighted by molar-refractivity contribution is 5.87. The van der Waals surface area contributed by atoms with Gasteiger partial charge in [0.25, 0.3) is 0 Å². The lowest BCUT2D eigenvalue weighted by Gasteiger charge is -2.07. The normalized spacial score (nSPS) is 16.2. The molecule has 0 radical (unpaired) electrons. The predicted octanol–water partition coefficient (Wildman–Crippen LogP) is -0.282. The molecule has 3 N–H and O–H groups in total. The smallest absolute Gasteiger partial charge is 0.314 e. The van der Waals surface area contributed by atoms with Gasteiger partial charge in [-0.2, -0.15) is 0 Å². The number of rotatable bonds is 3. The molecule has 2 unspecified atom stereocenters. The SMILES string of the molecule is CC(O)C(C=N)C(=O)O. The van der Waals surface area contributed by atoms with Gasteiger partial charge in [-0.05, 0) is 6.92 Å². The Bertz CT molecular complexity index is 121. The molecule has 0 saturated heterocycles. The third kappa shape index (κ3) is 2.23. The molecule has 0 aliphatic heterocycles. The molecule has 2 atom stereocenters. The maximum atomic E-state index is 10.1. The van der Waals surface area contributed by atoms with Crippen molar-refractivity contribution < 1.29 is 15.0 Å². The fraction of sp³-hybridized carbons (Fsp3) is 0.600. The minimum Gasteiger partial charge on any atom is -0.481 e. The fourth-order valence-corrected chi connectivity index (χ4v) is 0.417. The van der Waals surface area contributed by atoms with Crippen LogP contribution < -0.4 is 0 Å². The Morgan fingerprint density at radius 1 is 1.78 bits per heavy atom. The number of hydrogen-bond acceptors (Lipinski definition) is 3. The van der Waals surface area contributed by atoms with Gasteiger partial charge in [0.1, 0.15) is 5.92 Å². The van der Waals surface area contributed by atoms with Crippen molar-refractivity contribution in [3.63, 3.8) is 0 Å². The Morgan fingerprint density at radius 2 is 2.22 bits per heavy atom. The topological polar surface area (TPSA) is 81.4 Å². The highest BCUT2D eigenvalue weighted by Gasteiger charge is 2.19. The van der Waals surface area contributed by atoms with E-state index in [1.807, 2.05) is 0 Å². The van der Waals surface area contributed by atoms with Gasteiger partial charge in [-0.1, -0.05) is 0 Å². The molecule has 4 nitrogen and oxygen atoms in total. The van der Waals surface area contributed by atoms with E-state index in [1.165, 1.54) is 6.92 Å². The Kier molecular flexibility index (Phi) is 2.87. The average Bonchev–Trinajstić information content (AvgIpc) is 1.64. The Morgan fingerprint density at radius 3 is 2.22 bits per heavy atom. The molecule has 0 rings (SSSR count). The number of carbonyl (C=O) groups is 1. The van der Waals surface area contributed by atoms with Crippen molar-refractivity contribution in [1.29, 1.82) is 5.41 Å². The molecule has 0 fully saturated rings. The molecule has 0 heterocycles. The molecule has 0 bridgehead atoms. The van der Waals surface area contributed by atoms with Crippen LogP contribution in [0.5, 0.6) is 0 Å². The minimum absolute atomic E-state index is 0.715. The molecule has 0 aromatic carbocycles. The van der Waals surface area contributed by atoms with Crippen molar-refractivity contribution in [2.24, 2.45) is 5.92 Å². The van der Waals surface area contributed by atoms with Gasteiger partial charge >= 0.3 is 5.97 Å². The van der Waals surface area contributed by atoms with Crippen LogP contribution in [0.15, 0.2) is 0 Å². The van der Waals surface area contributed by atoms with E-state index in [-0.39, 0.29) is 0 Å². The summed E-state index contributed by atoms with van der Waals surface area (Å²) in [5.41, 5.74) is 0. The summed E-state index contributed by atoms with van der Waals surface area (Å²) in [5.74, 6) is -2.23. The van der Waals surface area contributed by atoms with Gasteiger partial charge < -0.3 is 15.6 Å². The second kappa shape index (κ2) is 3.19. The third-order valence-corrected chi connectivity index (χ3v) is 0.984. The first-order chi connectivity index (χ1) is 4.09. The molecular formula is C5H9NO3. The standard InChI is InChI=1S/C5H9NO3/c1-3(7)4(2-6)5(8)9/h2-4,6-7H,1H3,(H,8,9). The van der Waals surface area contributed by atoms with Crippen LogP contribution in [0.2, 0.25) is 0 Å². The first-order valence-electron chi connectivity index (χ1n) is 2.51. The number of aliphatic hydroxyl groups excluding tert-OH is 1. The lowest BCUT2D eigenvalue weighted by molar-refractivity contribution is -0.141. The van der Waals surface area contributed by atoms with Crippen LogP contribution >= 0.6 is 0 Å².